The molecule has 0 aliphatic heterocycles. The first-order valence-corrected chi connectivity index (χ1v) is 7.22. The van der Waals surface area contributed by atoms with E-state index in [1.807, 2.05) is 48.5 Å². The Bertz CT molecular complexity index is 781. The van der Waals surface area contributed by atoms with Crippen LogP contribution in [0.2, 0.25) is 0 Å². The number of rotatable bonds is 2. The first-order valence-electron chi connectivity index (χ1n) is 6.15. The zero-order valence-corrected chi connectivity index (χ0v) is 12.7. The number of hydrogen-bond acceptors (Lipinski definition) is 2. The van der Waals surface area contributed by atoms with Gasteiger partial charge in [-0.05, 0) is 65.1 Å². The van der Waals surface area contributed by atoms with Gasteiger partial charge in [0.1, 0.15) is 0 Å². The highest BCUT2D eigenvalue weighted by Gasteiger charge is 2.08. The number of benzene rings is 2. The Morgan fingerprint density at radius 2 is 1.90 bits per heavy atom. The van der Waals surface area contributed by atoms with E-state index in [4.69, 9.17) is 0 Å². The maximum Gasteiger partial charge on any atom is 0.255 e. The topological polar surface area (TPSA) is 42.0 Å². The molecule has 3 aromatic rings. The van der Waals surface area contributed by atoms with E-state index < -0.39 is 0 Å². The summed E-state index contributed by atoms with van der Waals surface area (Å²) in [6.07, 6.45) is 1.74. The SMILES string of the molecule is O=C(Nc1cccc2ncccc12)c1cccc(I)c1. The Hall–Kier alpha value is -1.95. The van der Waals surface area contributed by atoms with Gasteiger partial charge in [0.05, 0.1) is 11.2 Å². The quantitative estimate of drug-likeness (QED) is 0.687. The van der Waals surface area contributed by atoms with Crippen molar-refractivity contribution >= 4 is 45.1 Å². The number of nitrogens with one attached hydrogen (secondary N) is 1. The Balaban J connectivity index is 1.95. The van der Waals surface area contributed by atoms with E-state index in [9.17, 15) is 4.79 Å². The number of carbonyl (C=O) groups is 1. The number of halogens is 1. The molecule has 98 valence electrons. The molecule has 1 N–H and O–H groups in total. The average Bonchev–Trinajstić information content (AvgIpc) is 2.47. The third-order valence-electron chi connectivity index (χ3n) is 2.98. The highest BCUT2D eigenvalue weighted by atomic mass is 127. The lowest BCUT2D eigenvalue weighted by Gasteiger charge is -2.08. The number of carbonyl (C=O) groups excluding carboxylic acids is 1. The highest BCUT2D eigenvalue weighted by molar-refractivity contribution is 14.1. The number of pyridine rings is 1. The van der Waals surface area contributed by atoms with Gasteiger partial charge in [0, 0.05) is 20.7 Å². The number of anilines is 1. The fourth-order valence-electron chi connectivity index (χ4n) is 2.04. The van der Waals surface area contributed by atoms with Gasteiger partial charge >= 0.3 is 0 Å². The number of fused-ring (bicyclic) bond motifs is 1. The predicted octanol–water partition coefficient (Wildman–Crippen LogP) is 4.09. The zero-order chi connectivity index (χ0) is 13.9. The summed E-state index contributed by atoms with van der Waals surface area (Å²) in [7, 11) is 0. The second-order valence-electron chi connectivity index (χ2n) is 4.34. The van der Waals surface area contributed by atoms with Crippen LogP contribution in [0.5, 0.6) is 0 Å². The van der Waals surface area contributed by atoms with Gasteiger partial charge in [0.25, 0.3) is 5.91 Å². The van der Waals surface area contributed by atoms with Gasteiger partial charge in [-0.3, -0.25) is 9.78 Å². The van der Waals surface area contributed by atoms with Crippen molar-refractivity contribution < 1.29 is 4.79 Å². The summed E-state index contributed by atoms with van der Waals surface area (Å²) < 4.78 is 1.04. The number of hydrogen-bond donors (Lipinski definition) is 1. The van der Waals surface area contributed by atoms with Gasteiger partial charge in [-0.1, -0.05) is 12.1 Å². The molecule has 0 saturated carbocycles. The highest BCUT2D eigenvalue weighted by Crippen LogP contribution is 2.22. The Morgan fingerprint density at radius 3 is 2.75 bits per heavy atom. The fourth-order valence-corrected chi connectivity index (χ4v) is 2.58. The second-order valence-corrected chi connectivity index (χ2v) is 5.59. The molecule has 0 bridgehead atoms. The molecule has 3 rings (SSSR count). The molecular weight excluding hydrogens is 363 g/mol. The fraction of sp³-hybridized carbons (Fsp3) is 0. The van der Waals surface area contributed by atoms with Gasteiger partial charge < -0.3 is 5.32 Å². The summed E-state index contributed by atoms with van der Waals surface area (Å²) in [5.74, 6) is -0.111. The van der Waals surface area contributed by atoms with E-state index >= 15 is 0 Å². The number of nitrogens with zero attached hydrogens (tertiary/aromatic N) is 1. The molecule has 0 unspecified atom stereocenters. The molecule has 0 radical (unpaired) electrons. The van der Waals surface area contributed by atoms with Crippen LogP contribution in [0.25, 0.3) is 10.9 Å². The van der Waals surface area contributed by atoms with Crippen LogP contribution in [0.1, 0.15) is 10.4 Å². The van der Waals surface area contributed by atoms with Crippen LogP contribution in [0.4, 0.5) is 5.69 Å². The van der Waals surface area contributed by atoms with E-state index in [0.717, 1.165) is 20.2 Å². The molecule has 0 spiro atoms. The van der Waals surface area contributed by atoms with Crippen molar-refractivity contribution in [3.8, 4) is 0 Å². The van der Waals surface area contributed by atoms with Crippen molar-refractivity contribution in [3.05, 3.63) is 69.9 Å². The van der Waals surface area contributed by atoms with E-state index in [0.29, 0.717) is 5.56 Å². The minimum Gasteiger partial charge on any atom is -0.321 e. The molecule has 0 saturated heterocycles. The summed E-state index contributed by atoms with van der Waals surface area (Å²) >= 11 is 2.19. The standard InChI is InChI=1S/C16H11IN2O/c17-12-5-1-4-11(10-12)16(20)19-15-8-2-7-14-13(15)6-3-9-18-14/h1-10H,(H,19,20). The molecule has 20 heavy (non-hydrogen) atoms. The minimum absolute atomic E-state index is 0.111. The molecule has 1 amide bonds. The first kappa shape index (κ1) is 13.1. The van der Waals surface area contributed by atoms with Gasteiger partial charge in [0.2, 0.25) is 0 Å². The van der Waals surface area contributed by atoms with Gasteiger partial charge in [-0.2, -0.15) is 0 Å². The van der Waals surface area contributed by atoms with Crippen LogP contribution in [0.15, 0.2) is 60.8 Å². The maximum absolute atomic E-state index is 12.3. The number of amides is 1. The van der Waals surface area contributed by atoms with Gasteiger partial charge in [-0.25, -0.2) is 0 Å². The Morgan fingerprint density at radius 1 is 1.05 bits per heavy atom. The average molecular weight is 374 g/mol. The molecule has 2 aromatic carbocycles. The van der Waals surface area contributed by atoms with Gasteiger partial charge in [-0.15, -0.1) is 0 Å². The molecule has 3 nitrogen and oxygen atoms in total. The Kier molecular flexibility index (Phi) is 3.64. The maximum atomic E-state index is 12.3. The normalized spacial score (nSPS) is 10.4. The molecule has 0 aliphatic carbocycles. The second kappa shape index (κ2) is 5.58. The lowest BCUT2D eigenvalue weighted by atomic mass is 10.1. The molecule has 4 heteroatoms. The van der Waals surface area contributed by atoms with Crippen molar-refractivity contribution in [3.63, 3.8) is 0 Å². The zero-order valence-electron chi connectivity index (χ0n) is 10.5. The molecule has 0 fully saturated rings. The van der Waals surface area contributed by atoms with Crippen molar-refractivity contribution in [2.75, 3.05) is 5.32 Å². The minimum atomic E-state index is -0.111. The molecule has 1 heterocycles. The summed E-state index contributed by atoms with van der Waals surface area (Å²) in [5.41, 5.74) is 2.30. The monoisotopic (exact) mass is 374 g/mol. The van der Waals surface area contributed by atoms with E-state index in [2.05, 4.69) is 32.9 Å². The van der Waals surface area contributed by atoms with Crippen molar-refractivity contribution in [1.29, 1.82) is 0 Å². The van der Waals surface area contributed by atoms with Crippen LogP contribution in [-0.4, -0.2) is 10.9 Å². The van der Waals surface area contributed by atoms with Crippen molar-refractivity contribution in [2.45, 2.75) is 0 Å². The van der Waals surface area contributed by atoms with Crippen LogP contribution in [-0.2, 0) is 0 Å². The summed E-state index contributed by atoms with van der Waals surface area (Å²) in [4.78, 5) is 16.6. The van der Waals surface area contributed by atoms with Crippen molar-refractivity contribution in [1.82, 2.24) is 4.98 Å². The van der Waals surface area contributed by atoms with Crippen molar-refractivity contribution in [2.24, 2.45) is 0 Å². The van der Waals surface area contributed by atoms with Crippen LogP contribution >= 0.6 is 22.6 Å². The summed E-state index contributed by atoms with van der Waals surface area (Å²) in [6, 6.07) is 17.0. The van der Waals surface area contributed by atoms with Gasteiger partial charge in [0.15, 0.2) is 0 Å². The lowest BCUT2D eigenvalue weighted by molar-refractivity contribution is 0.102. The largest absolute Gasteiger partial charge is 0.321 e. The summed E-state index contributed by atoms with van der Waals surface area (Å²) in [5, 5.41) is 3.89. The van der Waals surface area contributed by atoms with Crippen LogP contribution in [0.3, 0.4) is 0 Å². The third-order valence-corrected chi connectivity index (χ3v) is 3.65. The van der Waals surface area contributed by atoms with E-state index in [1.54, 1.807) is 12.3 Å². The molecule has 0 aliphatic rings. The van der Waals surface area contributed by atoms with E-state index in [1.165, 1.54) is 0 Å². The first-order chi connectivity index (χ1) is 9.74. The molecule has 0 atom stereocenters. The summed E-state index contributed by atoms with van der Waals surface area (Å²) in [6.45, 7) is 0. The Labute approximate surface area is 130 Å². The third kappa shape index (κ3) is 2.65. The van der Waals surface area contributed by atoms with E-state index in [-0.39, 0.29) is 5.91 Å². The smallest absolute Gasteiger partial charge is 0.255 e. The number of aromatic nitrogens is 1. The molecular formula is C16H11IN2O. The van der Waals surface area contributed by atoms with Crippen LogP contribution in [0, 0.1) is 3.57 Å². The lowest BCUT2D eigenvalue weighted by Crippen LogP contribution is -2.12. The predicted molar refractivity (Wildman–Crippen MR) is 88.9 cm³/mol. The molecule has 1 aromatic heterocycles. The van der Waals surface area contributed by atoms with Crippen LogP contribution < -0.4 is 5.32 Å².